The minimum atomic E-state index is -2.90. The molecule has 6 heteroatoms. The van der Waals surface area contributed by atoms with E-state index in [0.29, 0.717) is 6.04 Å². The monoisotopic (exact) mass is 259 g/mol. The summed E-state index contributed by atoms with van der Waals surface area (Å²) in [6.07, 6.45) is 2.54. The normalized spacial score (nSPS) is 42.8. The van der Waals surface area contributed by atoms with E-state index < -0.39 is 9.84 Å². The molecule has 98 valence electrons. The van der Waals surface area contributed by atoms with Crippen LogP contribution in [0.3, 0.4) is 0 Å². The number of hydrogen-bond acceptors (Lipinski definition) is 5. The molecule has 0 saturated carbocycles. The maximum atomic E-state index is 11.6. The average molecular weight is 259 g/mol. The molecule has 0 aromatic carbocycles. The molecule has 0 aromatic heterocycles. The fourth-order valence-corrected chi connectivity index (χ4v) is 5.47. The molecular weight excluding hydrogens is 238 g/mol. The van der Waals surface area contributed by atoms with Gasteiger partial charge in [0.2, 0.25) is 0 Å². The first-order chi connectivity index (χ1) is 8.05. The second-order valence-corrected chi connectivity index (χ2v) is 7.79. The van der Waals surface area contributed by atoms with E-state index >= 15 is 0 Å². The zero-order chi connectivity index (χ0) is 12.0. The van der Waals surface area contributed by atoms with Crippen LogP contribution in [0.5, 0.6) is 0 Å². The van der Waals surface area contributed by atoms with Gasteiger partial charge in [-0.25, -0.2) is 8.42 Å². The third-order valence-electron chi connectivity index (χ3n) is 4.45. The predicted molar refractivity (Wildman–Crippen MR) is 66.6 cm³/mol. The first-order valence-electron chi connectivity index (χ1n) is 6.49. The van der Waals surface area contributed by atoms with Crippen LogP contribution < -0.4 is 5.73 Å². The van der Waals surface area contributed by atoms with Crippen LogP contribution in [0.1, 0.15) is 12.8 Å². The van der Waals surface area contributed by atoms with Gasteiger partial charge in [0.05, 0.1) is 11.5 Å². The quantitative estimate of drug-likeness (QED) is 0.647. The Labute approximate surface area is 103 Å². The number of nitrogens with two attached hydrogens (primary N) is 1. The first-order valence-corrected chi connectivity index (χ1v) is 8.31. The van der Waals surface area contributed by atoms with Gasteiger partial charge in [0, 0.05) is 37.8 Å². The van der Waals surface area contributed by atoms with Crippen molar-refractivity contribution in [1.82, 2.24) is 9.80 Å². The van der Waals surface area contributed by atoms with E-state index in [2.05, 4.69) is 9.80 Å². The SMILES string of the molecule is NC1CS(=O)(=O)CC1N1CCN2CCCC2C1. The highest BCUT2D eigenvalue weighted by molar-refractivity contribution is 7.91. The lowest BCUT2D eigenvalue weighted by Crippen LogP contribution is -2.57. The second kappa shape index (κ2) is 4.19. The minimum Gasteiger partial charge on any atom is -0.325 e. The van der Waals surface area contributed by atoms with Gasteiger partial charge < -0.3 is 5.73 Å². The van der Waals surface area contributed by atoms with E-state index in [1.54, 1.807) is 0 Å². The number of nitrogens with zero attached hydrogens (tertiary/aromatic N) is 2. The highest BCUT2D eigenvalue weighted by Gasteiger charge is 2.42. The topological polar surface area (TPSA) is 66.6 Å². The molecule has 17 heavy (non-hydrogen) atoms. The van der Waals surface area contributed by atoms with E-state index in [9.17, 15) is 8.42 Å². The average Bonchev–Trinajstić information content (AvgIpc) is 2.81. The zero-order valence-electron chi connectivity index (χ0n) is 10.1. The number of rotatable bonds is 1. The number of piperazine rings is 1. The minimum absolute atomic E-state index is 0.0581. The molecule has 0 bridgehead atoms. The van der Waals surface area contributed by atoms with Crippen LogP contribution >= 0.6 is 0 Å². The largest absolute Gasteiger partial charge is 0.325 e. The van der Waals surface area contributed by atoms with Gasteiger partial charge in [-0.15, -0.1) is 0 Å². The fraction of sp³-hybridized carbons (Fsp3) is 1.00. The number of sulfone groups is 1. The molecule has 0 amide bonds. The Morgan fingerprint density at radius 1 is 1.06 bits per heavy atom. The molecule has 2 N–H and O–H groups in total. The van der Waals surface area contributed by atoms with Gasteiger partial charge in [-0.05, 0) is 19.4 Å². The molecule has 3 atom stereocenters. The lowest BCUT2D eigenvalue weighted by Gasteiger charge is -2.41. The summed E-state index contributed by atoms with van der Waals surface area (Å²) in [6, 6.07) is 0.509. The highest BCUT2D eigenvalue weighted by atomic mass is 32.2. The molecule has 5 nitrogen and oxygen atoms in total. The molecule has 3 unspecified atom stereocenters. The van der Waals surface area contributed by atoms with Crippen LogP contribution in [0.15, 0.2) is 0 Å². The summed E-state index contributed by atoms with van der Waals surface area (Å²) in [4.78, 5) is 4.85. The molecule has 0 radical (unpaired) electrons. The van der Waals surface area contributed by atoms with Gasteiger partial charge in [0.15, 0.2) is 9.84 Å². The van der Waals surface area contributed by atoms with Crippen LogP contribution in [0, 0.1) is 0 Å². The van der Waals surface area contributed by atoms with Gasteiger partial charge in [-0.2, -0.15) is 0 Å². The molecule has 3 rings (SSSR count). The number of fused-ring (bicyclic) bond motifs is 1. The van der Waals surface area contributed by atoms with Crippen molar-refractivity contribution in [3.8, 4) is 0 Å². The fourth-order valence-electron chi connectivity index (χ4n) is 3.55. The molecule has 0 aliphatic carbocycles. The summed E-state index contributed by atoms with van der Waals surface area (Å²) in [5.41, 5.74) is 5.99. The third-order valence-corrected chi connectivity index (χ3v) is 6.20. The Bertz CT molecular complexity index is 398. The summed E-state index contributed by atoms with van der Waals surface area (Å²) in [5, 5.41) is 0. The first kappa shape index (κ1) is 11.9. The van der Waals surface area contributed by atoms with E-state index in [1.807, 2.05) is 0 Å². The van der Waals surface area contributed by atoms with Crippen LogP contribution in [0.25, 0.3) is 0 Å². The summed E-state index contributed by atoms with van der Waals surface area (Å²) in [6.45, 7) is 4.28. The van der Waals surface area contributed by atoms with E-state index in [-0.39, 0.29) is 23.6 Å². The number of hydrogen-bond donors (Lipinski definition) is 1. The van der Waals surface area contributed by atoms with Crippen LogP contribution in [0.2, 0.25) is 0 Å². The third kappa shape index (κ3) is 2.23. The van der Waals surface area contributed by atoms with Gasteiger partial charge >= 0.3 is 0 Å². The Morgan fingerprint density at radius 3 is 2.53 bits per heavy atom. The van der Waals surface area contributed by atoms with Crippen molar-refractivity contribution in [2.75, 3.05) is 37.7 Å². The molecule has 3 fully saturated rings. The van der Waals surface area contributed by atoms with Crippen LogP contribution in [-0.2, 0) is 9.84 Å². The molecule has 3 aliphatic rings. The molecule has 3 heterocycles. The van der Waals surface area contributed by atoms with Crippen molar-refractivity contribution in [1.29, 1.82) is 0 Å². The lowest BCUT2D eigenvalue weighted by molar-refractivity contribution is 0.0743. The zero-order valence-corrected chi connectivity index (χ0v) is 10.9. The maximum absolute atomic E-state index is 11.6. The van der Waals surface area contributed by atoms with E-state index in [4.69, 9.17) is 5.73 Å². The van der Waals surface area contributed by atoms with Crippen molar-refractivity contribution in [3.05, 3.63) is 0 Å². The highest BCUT2D eigenvalue weighted by Crippen LogP contribution is 2.25. The van der Waals surface area contributed by atoms with E-state index in [1.165, 1.54) is 19.4 Å². The van der Waals surface area contributed by atoms with E-state index in [0.717, 1.165) is 19.6 Å². The second-order valence-electron chi connectivity index (χ2n) is 5.64. The smallest absolute Gasteiger partial charge is 0.153 e. The molecule has 3 saturated heterocycles. The van der Waals surface area contributed by atoms with Crippen LogP contribution in [-0.4, -0.2) is 74.0 Å². The van der Waals surface area contributed by atoms with Crippen LogP contribution in [0.4, 0.5) is 0 Å². The van der Waals surface area contributed by atoms with Crippen molar-refractivity contribution < 1.29 is 8.42 Å². The van der Waals surface area contributed by atoms with Gasteiger partial charge in [-0.1, -0.05) is 0 Å². The van der Waals surface area contributed by atoms with Crippen molar-refractivity contribution in [3.63, 3.8) is 0 Å². The summed E-state index contributed by atoms with van der Waals surface area (Å²) in [7, 11) is -2.90. The lowest BCUT2D eigenvalue weighted by atomic mass is 10.1. The standard InChI is InChI=1S/C11H21N3O2S/c12-10-7-17(15,16)8-11(10)14-5-4-13-3-1-2-9(13)6-14/h9-11H,1-8,12H2. The van der Waals surface area contributed by atoms with Crippen molar-refractivity contribution in [2.24, 2.45) is 5.73 Å². The van der Waals surface area contributed by atoms with Crippen molar-refractivity contribution >= 4 is 9.84 Å². The predicted octanol–water partition coefficient (Wildman–Crippen LogP) is -1.11. The Balaban J connectivity index is 1.69. The summed E-state index contributed by atoms with van der Waals surface area (Å²) in [5.74, 6) is 0.434. The molecular formula is C11H21N3O2S. The molecule has 0 spiro atoms. The maximum Gasteiger partial charge on any atom is 0.153 e. The Hall–Kier alpha value is -0.170. The Kier molecular flexibility index (Phi) is 2.93. The molecule has 0 aromatic rings. The van der Waals surface area contributed by atoms with Gasteiger partial charge in [0.1, 0.15) is 0 Å². The summed E-state index contributed by atoms with van der Waals surface area (Å²) < 4.78 is 23.2. The van der Waals surface area contributed by atoms with Crippen molar-refractivity contribution in [2.45, 2.75) is 31.0 Å². The van der Waals surface area contributed by atoms with Gasteiger partial charge in [-0.3, -0.25) is 9.80 Å². The van der Waals surface area contributed by atoms with Gasteiger partial charge in [0.25, 0.3) is 0 Å². The Morgan fingerprint density at radius 2 is 1.82 bits per heavy atom. The summed E-state index contributed by atoms with van der Waals surface area (Å²) >= 11 is 0. The molecule has 3 aliphatic heterocycles.